The summed E-state index contributed by atoms with van der Waals surface area (Å²) in [6, 6.07) is 10.2. The van der Waals surface area contributed by atoms with E-state index in [0.717, 1.165) is 38.4 Å². The molecule has 1 atom stereocenters. The first kappa shape index (κ1) is 19.0. The lowest BCUT2D eigenvalue weighted by Gasteiger charge is -2.26. The SMILES string of the molecule is CC(C)(Cc1ccccc1)C(=O)NCCC1CCCNC1.Cl. The van der Waals surface area contributed by atoms with Crippen LogP contribution >= 0.6 is 12.4 Å². The summed E-state index contributed by atoms with van der Waals surface area (Å²) in [5.74, 6) is 0.881. The Kier molecular flexibility index (Phi) is 7.91. The van der Waals surface area contributed by atoms with E-state index in [9.17, 15) is 4.79 Å². The minimum Gasteiger partial charge on any atom is -0.356 e. The van der Waals surface area contributed by atoms with Crippen LogP contribution in [0.2, 0.25) is 0 Å². The lowest BCUT2D eigenvalue weighted by Crippen LogP contribution is -2.40. The number of hydrogen-bond donors (Lipinski definition) is 2. The van der Waals surface area contributed by atoms with E-state index in [2.05, 4.69) is 22.8 Å². The van der Waals surface area contributed by atoms with Crippen LogP contribution in [0.3, 0.4) is 0 Å². The third kappa shape index (κ3) is 5.98. The maximum Gasteiger partial charge on any atom is 0.225 e. The number of nitrogens with one attached hydrogen (secondary N) is 2. The molecular weight excluding hydrogens is 296 g/mol. The first-order valence-corrected chi connectivity index (χ1v) is 8.11. The molecule has 1 fully saturated rings. The average Bonchev–Trinajstić information content (AvgIpc) is 2.49. The first-order valence-electron chi connectivity index (χ1n) is 8.11. The molecule has 0 aromatic heterocycles. The van der Waals surface area contributed by atoms with Crippen molar-refractivity contribution in [1.29, 1.82) is 0 Å². The van der Waals surface area contributed by atoms with Gasteiger partial charge in [-0.1, -0.05) is 44.2 Å². The largest absolute Gasteiger partial charge is 0.356 e. The van der Waals surface area contributed by atoms with Gasteiger partial charge in [0.05, 0.1) is 0 Å². The molecule has 0 spiro atoms. The predicted octanol–water partition coefficient (Wildman–Crippen LogP) is 3.18. The van der Waals surface area contributed by atoms with Gasteiger partial charge in [-0.2, -0.15) is 0 Å². The van der Waals surface area contributed by atoms with Crippen LogP contribution in [-0.2, 0) is 11.2 Å². The van der Waals surface area contributed by atoms with Crippen LogP contribution in [0.5, 0.6) is 0 Å². The number of carbonyl (C=O) groups is 1. The van der Waals surface area contributed by atoms with Crippen LogP contribution in [-0.4, -0.2) is 25.5 Å². The Hall–Kier alpha value is -1.06. The molecule has 1 aromatic rings. The first-order chi connectivity index (χ1) is 10.1. The van der Waals surface area contributed by atoms with Gasteiger partial charge >= 0.3 is 0 Å². The number of piperidine rings is 1. The molecule has 1 aliphatic rings. The van der Waals surface area contributed by atoms with Crippen molar-refractivity contribution in [3.8, 4) is 0 Å². The van der Waals surface area contributed by atoms with Crippen molar-refractivity contribution in [1.82, 2.24) is 10.6 Å². The molecule has 0 saturated carbocycles. The van der Waals surface area contributed by atoms with E-state index in [1.54, 1.807) is 0 Å². The van der Waals surface area contributed by atoms with E-state index in [4.69, 9.17) is 0 Å². The molecule has 4 heteroatoms. The maximum absolute atomic E-state index is 12.4. The molecule has 1 amide bonds. The monoisotopic (exact) mass is 324 g/mol. The van der Waals surface area contributed by atoms with Crippen molar-refractivity contribution in [3.05, 3.63) is 35.9 Å². The highest BCUT2D eigenvalue weighted by atomic mass is 35.5. The molecule has 1 aliphatic heterocycles. The molecule has 1 heterocycles. The van der Waals surface area contributed by atoms with Crippen LogP contribution in [0.1, 0.15) is 38.7 Å². The Morgan fingerprint density at radius 3 is 2.68 bits per heavy atom. The van der Waals surface area contributed by atoms with Gasteiger partial charge in [0, 0.05) is 12.0 Å². The van der Waals surface area contributed by atoms with Crippen LogP contribution in [0.4, 0.5) is 0 Å². The number of amides is 1. The van der Waals surface area contributed by atoms with E-state index in [1.807, 2.05) is 32.0 Å². The van der Waals surface area contributed by atoms with Crippen LogP contribution in [0.15, 0.2) is 30.3 Å². The molecule has 2 N–H and O–H groups in total. The third-order valence-corrected chi connectivity index (χ3v) is 4.34. The van der Waals surface area contributed by atoms with Gasteiger partial charge in [-0.25, -0.2) is 0 Å². The third-order valence-electron chi connectivity index (χ3n) is 4.34. The number of carbonyl (C=O) groups excluding carboxylic acids is 1. The standard InChI is InChI=1S/C18H28N2O.ClH/c1-18(2,13-15-7-4-3-5-8-15)17(21)20-12-10-16-9-6-11-19-14-16;/h3-5,7-8,16,19H,6,9-14H2,1-2H3,(H,20,21);1H. The van der Waals surface area contributed by atoms with Crippen LogP contribution < -0.4 is 10.6 Å². The molecule has 124 valence electrons. The molecule has 0 bridgehead atoms. The smallest absolute Gasteiger partial charge is 0.225 e. The minimum atomic E-state index is -0.355. The lowest BCUT2D eigenvalue weighted by atomic mass is 9.84. The molecule has 0 aliphatic carbocycles. The van der Waals surface area contributed by atoms with Crippen LogP contribution in [0, 0.1) is 11.3 Å². The van der Waals surface area contributed by atoms with E-state index in [1.165, 1.54) is 18.4 Å². The Bertz CT molecular complexity index is 442. The number of halogens is 1. The van der Waals surface area contributed by atoms with E-state index in [-0.39, 0.29) is 23.7 Å². The number of rotatable bonds is 6. The summed E-state index contributed by atoms with van der Waals surface area (Å²) in [7, 11) is 0. The lowest BCUT2D eigenvalue weighted by molar-refractivity contribution is -0.129. The van der Waals surface area contributed by atoms with Gasteiger partial charge < -0.3 is 10.6 Å². The maximum atomic E-state index is 12.4. The summed E-state index contributed by atoms with van der Waals surface area (Å²) >= 11 is 0. The summed E-state index contributed by atoms with van der Waals surface area (Å²) in [5, 5.41) is 6.55. The molecule has 1 unspecified atom stereocenters. The van der Waals surface area contributed by atoms with Gasteiger partial charge in [0.2, 0.25) is 5.91 Å². The van der Waals surface area contributed by atoms with Crippen molar-refractivity contribution in [3.63, 3.8) is 0 Å². The molecule has 3 nitrogen and oxygen atoms in total. The highest BCUT2D eigenvalue weighted by Gasteiger charge is 2.27. The second kappa shape index (κ2) is 9.16. The zero-order chi connectivity index (χ0) is 15.1. The topological polar surface area (TPSA) is 41.1 Å². The Labute approximate surface area is 140 Å². The Balaban J connectivity index is 0.00000242. The fourth-order valence-electron chi connectivity index (χ4n) is 2.99. The van der Waals surface area contributed by atoms with Gasteiger partial charge in [0.15, 0.2) is 0 Å². The molecular formula is C18H29ClN2O. The van der Waals surface area contributed by atoms with Crippen molar-refractivity contribution in [2.45, 2.75) is 39.5 Å². The van der Waals surface area contributed by atoms with Crippen molar-refractivity contribution in [2.24, 2.45) is 11.3 Å². The van der Waals surface area contributed by atoms with Crippen LogP contribution in [0.25, 0.3) is 0 Å². The average molecular weight is 325 g/mol. The molecule has 1 aromatic carbocycles. The van der Waals surface area contributed by atoms with Gasteiger partial charge in [-0.05, 0) is 50.3 Å². The number of benzene rings is 1. The fourth-order valence-corrected chi connectivity index (χ4v) is 2.99. The predicted molar refractivity (Wildman–Crippen MR) is 94.4 cm³/mol. The summed E-state index contributed by atoms with van der Waals surface area (Å²) in [5.41, 5.74) is 0.862. The van der Waals surface area contributed by atoms with Crippen molar-refractivity contribution >= 4 is 18.3 Å². The summed E-state index contributed by atoms with van der Waals surface area (Å²) in [6.07, 6.45) is 4.42. The van der Waals surface area contributed by atoms with Gasteiger partial charge in [-0.15, -0.1) is 12.4 Å². The second-order valence-electron chi connectivity index (χ2n) is 6.80. The zero-order valence-electron chi connectivity index (χ0n) is 13.7. The van der Waals surface area contributed by atoms with Crippen molar-refractivity contribution in [2.75, 3.05) is 19.6 Å². The van der Waals surface area contributed by atoms with E-state index in [0.29, 0.717) is 0 Å². The molecule has 22 heavy (non-hydrogen) atoms. The summed E-state index contributed by atoms with van der Waals surface area (Å²) in [4.78, 5) is 12.4. The minimum absolute atomic E-state index is 0. The summed E-state index contributed by atoms with van der Waals surface area (Å²) in [6.45, 7) is 7.09. The van der Waals surface area contributed by atoms with E-state index >= 15 is 0 Å². The molecule has 0 radical (unpaired) electrons. The second-order valence-corrected chi connectivity index (χ2v) is 6.80. The highest BCUT2D eigenvalue weighted by molar-refractivity contribution is 5.85. The number of hydrogen-bond acceptors (Lipinski definition) is 2. The fraction of sp³-hybridized carbons (Fsp3) is 0.611. The quantitative estimate of drug-likeness (QED) is 0.843. The van der Waals surface area contributed by atoms with Gasteiger partial charge in [0.25, 0.3) is 0 Å². The highest BCUT2D eigenvalue weighted by Crippen LogP contribution is 2.22. The molecule has 2 rings (SSSR count). The van der Waals surface area contributed by atoms with E-state index < -0.39 is 0 Å². The van der Waals surface area contributed by atoms with Crippen molar-refractivity contribution < 1.29 is 4.79 Å². The molecule has 1 saturated heterocycles. The van der Waals surface area contributed by atoms with Gasteiger partial charge in [-0.3, -0.25) is 4.79 Å². The summed E-state index contributed by atoms with van der Waals surface area (Å²) < 4.78 is 0. The normalized spacial score (nSPS) is 18.4. The Morgan fingerprint density at radius 2 is 2.05 bits per heavy atom. The zero-order valence-corrected chi connectivity index (χ0v) is 14.5. The van der Waals surface area contributed by atoms with Gasteiger partial charge in [0.1, 0.15) is 0 Å². The Morgan fingerprint density at radius 1 is 1.32 bits per heavy atom.